The fraction of sp³-hybridized carbons (Fsp3) is 0.133. The molecule has 0 aromatic heterocycles. The van der Waals surface area contributed by atoms with E-state index < -0.39 is 15.9 Å². The number of carbonyl (C=O) groups excluding carboxylic acids is 1. The quantitative estimate of drug-likeness (QED) is 0.905. The Morgan fingerprint density at radius 1 is 1.00 bits per heavy atom. The van der Waals surface area contributed by atoms with E-state index in [1.807, 2.05) is 13.8 Å². The zero-order chi connectivity index (χ0) is 15.6. The van der Waals surface area contributed by atoms with Crippen LogP contribution in [0.5, 0.6) is 0 Å². The Bertz CT molecular complexity index is 783. The molecule has 0 fully saturated rings. The topological polar surface area (TPSA) is 63.2 Å². The molecule has 21 heavy (non-hydrogen) atoms. The van der Waals surface area contributed by atoms with Gasteiger partial charge in [-0.3, -0.25) is 4.79 Å². The summed E-state index contributed by atoms with van der Waals surface area (Å²) in [4.78, 5) is 12.1. The third kappa shape index (κ3) is 3.71. The summed E-state index contributed by atoms with van der Waals surface area (Å²) in [5.74, 6) is -0.638. The molecular formula is C15H14BrNO3S. The van der Waals surface area contributed by atoms with Gasteiger partial charge in [0, 0.05) is 10.0 Å². The Labute approximate surface area is 132 Å². The standard InChI is InChI=1S/C15H14BrNO3S/c1-10-3-4-12(9-11(10)2)15(18)17-21(19,20)14-7-5-13(16)6-8-14/h3-9H,1-2H3,(H,17,18). The average molecular weight is 368 g/mol. The first-order chi connectivity index (χ1) is 9.79. The lowest BCUT2D eigenvalue weighted by atomic mass is 10.1. The lowest BCUT2D eigenvalue weighted by molar-refractivity contribution is 0.0981. The predicted octanol–water partition coefficient (Wildman–Crippen LogP) is 3.18. The third-order valence-corrected chi connectivity index (χ3v) is 5.00. The molecule has 1 N–H and O–H groups in total. The van der Waals surface area contributed by atoms with Crippen LogP contribution in [0.15, 0.2) is 51.8 Å². The van der Waals surface area contributed by atoms with Crippen LogP contribution in [0.1, 0.15) is 21.5 Å². The van der Waals surface area contributed by atoms with Gasteiger partial charge < -0.3 is 0 Å². The van der Waals surface area contributed by atoms with Crippen LogP contribution in [0.2, 0.25) is 0 Å². The van der Waals surface area contributed by atoms with Gasteiger partial charge in [0.1, 0.15) is 0 Å². The van der Waals surface area contributed by atoms with Gasteiger partial charge in [-0.05, 0) is 61.4 Å². The molecular weight excluding hydrogens is 354 g/mol. The maximum Gasteiger partial charge on any atom is 0.265 e. The number of nitrogens with one attached hydrogen (secondary N) is 1. The molecule has 0 aliphatic carbocycles. The van der Waals surface area contributed by atoms with E-state index in [4.69, 9.17) is 0 Å². The molecule has 2 aromatic carbocycles. The molecule has 6 heteroatoms. The van der Waals surface area contributed by atoms with E-state index in [1.165, 1.54) is 12.1 Å². The number of halogens is 1. The van der Waals surface area contributed by atoms with Gasteiger partial charge in [-0.25, -0.2) is 13.1 Å². The van der Waals surface area contributed by atoms with Crippen molar-refractivity contribution in [2.24, 2.45) is 0 Å². The minimum Gasteiger partial charge on any atom is -0.268 e. The van der Waals surface area contributed by atoms with Gasteiger partial charge >= 0.3 is 0 Å². The first-order valence-electron chi connectivity index (χ1n) is 6.19. The smallest absolute Gasteiger partial charge is 0.265 e. The molecule has 0 radical (unpaired) electrons. The molecule has 4 nitrogen and oxygen atoms in total. The van der Waals surface area contributed by atoms with E-state index in [-0.39, 0.29) is 4.90 Å². The molecule has 0 atom stereocenters. The Kier molecular flexibility index (Phi) is 4.49. The van der Waals surface area contributed by atoms with Crippen molar-refractivity contribution >= 4 is 31.9 Å². The maximum atomic E-state index is 12.1. The Hall–Kier alpha value is -1.66. The highest BCUT2D eigenvalue weighted by molar-refractivity contribution is 9.10. The molecule has 2 aromatic rings. The summed E-state index contributed by atoms with van der Waals surface area (Å²) in [6, 6.07) is 11.1. The van der Waals surface area contributed by atoms with E-state index in [2.05, 4.69) is 20.7 Å². The zero-order valence-corrected chi connectivity index (χ0v) is 14.0. The van der Waals surface area contributed by atoms with Gasteiger partial charge in [0.2, 0.25) is 0 Å². The number of hydrogen-bond donors (Lipinski definition) is 1. The molecule has 0 bridgehead atoms. The summed E-state index contributed by atoms with van der Waals surface area (Å²) in [6.45, 7) is 3.80. The van der Waals surface area contributed by atoms with Crippen LogP contribution in [0.25, 0.3) is 0 Å². The van der Waals surface area contributed by atoms with Crippen molar-refractivity contribution in [1.82, 2.24) is 4.72 Å². The monoisotopic (exact) mass is 367 g/mol. The number of aryl methyl sites for hydroxylation is 2. The lowest BCUT2D eigenvalue weighted by Gasteiger charge is -2.08. The van der Waals surface area contributed by atoms with E-state index in [1.54, 1.807) is 30.3 Å². The third-order valence-electron chi connectivity index (χ3n) is 3.12. The van der Waals surface area contributed by atoms with Crippen molar-refractivity contribution in [3.05, 3.63) is 63.6 Å². The van der Waals surface area contributed by atoms with Gasteiger partial charge in [-0.1, -0.05) is 22.0 Å². The molecule has 0 spiro atoms. The number of benzene rings is 2. The summed E-state index contributed by atoms with van der Waals surface area (Å²) in [7, 11) is -3.87. The van der Waals surface area contributed by atoms with E-state index in [9.17, 15) is 13.2 Å². The van der Waals surface area contributed by atoms with E-state index in [0.29, 0.717) is 5.56 Å². The summed E-state index contributed by atoms with van der Waals surface area (Å²) in [5.41, 5.74) is 2.30. The Morgan fingerprint density at radius 2 is 1.62 bits per heavy atom. The van der Waals surface area contributed by atoms with Crippen LogP contribution in [-0.2, 0) is 10.0 Å². The minimum atomic E-state index is -3.87. The highest BCUT2D eigenvalue weighted by Crippen LogP contribution is 2.15. The second-order valence-electron chi connectivity index (χ2n) is 4.69. The second-order valence-corrected chi connectivity index (χ2v) is 7.29. The minimum absolute atomic E-state index is 0.0443. The molecule has 0 aliphatic rings. The second kappa shape index (κ2) is 5.99. The van der Waals surface area contributed by atoms with Crippen molar-refractivity contribution in [2.45, 2.75) is 18.7 Å². The maximum absolute atomic E-state index is 12.1. The molecule has 0 unspecified atom stereocenters. The Morgan fingerprint density at radius 3 is 2.19 bits per heavy atom. The summed E-state index contributed by atoms with van der Waals surface area (Å²) in [6.07, 6.45) is 0. The average Bonchev–Trinajstić information content (AvgIpc) is 2.41. The molecule has 0 saturated heterocycles. The molecule has 0 aliphatic heterocycles. The number of rotatable bonds is 3. The van der Waals surface area contributed by atoms with Gasteiger partial charge in [0.05, 0.1) is 4.90 Å². The van der Waals surface area contributed by atoms with Crippen LogP contribution in [0.3, 0.4) is 0 Å². The fourth-order valence-corrected chi connectivity index (χ4v) is 2.97. The van der Waals surface area contributed by atoms with Crippen molar-refractivity contribution in [1.29, 1.82) is 0 Å². The number of carbonyl (C=O) groups is 1. The molecule has 2 rings (SSSR count). The fourth-order valence-electron chi connectivity index (χ4n) is 1.74. The lowest BCUT2D eigenvalue weighted by Crippen LogP contribution is -2.30. The summed E-state index contributed by atoms with van der Waals surface area (Å²) in [5, 5.41) is 0. The summed E-state index contributed by atoms with van der Waals surface area (Å²) >= 11 is 3.23. The Balaban J connectivity index is 2.25. The SMILES string of the molecule is Cc1ccc(C(=O)NS(=O)(=O)c2ccc(Br)cc2)cc1C. The highest BCUT2D eigenvalue weighted by atomic mass is 79.9. The van der Waals surface area contributed by atoms with Crippen molar-refractivity contribution < 1.29 is 13.2 Å². The first-order valence-corrected chi connectivity index (χ1v) is 8.47. The van der Waals surface area contributed by atoms with Gasteiger partial charge in [-0.2, -0.15) is 0 Å². The van der Waals surface area contributed by atoms with Crippen LogP contribution < -0.4 is 4.72 Å². The van der Waals surface area contributed by atoms with Crippen molar-refractivity contribution in [3.8, 4) is 0 Å². The normalized spacial score (nSPS) is 11.2. The largest absolute Gasteiger partial charge is 0.268 e. The number of hydrogen-bond acceptors (Lipinski definition) is 3. The highest BCUT2D eigenvalue weighted by Gasteiger charge is 2.18. The van der Waals surface area contributed by atoms with Gasteiger partial charge in [0.25, 0.3) is 15.9 Å². The molecule has 1 amide bonds. The molecule has 110 valence electrons. The van der Waals surface area contributed by atoms with Crippen molar-refractivity contribution in [2.75, 3.05) is 0 Å². The van der Waals surface area contributed by atoms with Gasteiger partial charge in [-0.15, -0.1) is 0 Å². The molecule has 0 heterocycles. The predicted molar refractivity (Wildman–Crippen MR) is 84.7 cm³/mol. The number of sulfonamides is 1. The van der Waals surface area contributed by atoms with E-state index in [0.717, 1.165) is 15.6 Å². The molecule has 0 saturated carbocycles. The van der Waals surface area contributed by atoms with Crippen LogP contribution >= 0.6 is 15.9 Å². The van der Waals surface area contributed by atoms with Crippen LogP contribution in [0.4, 0.5) is 0 Å². The van der Waals surface area contributed by atoms with E-state index >= 15 is 0 Å². The van der Waals surface area contributed by atoms with Crippen molar-refractivity contribution in [3.63, 3.8) is 0 Å². The summed E-state index contributed by atoms with van der Waals surface area (Å²) < 4.78 is 27.1. The van der Waals surface area contributed by atoms with Crippen LogP contribution in [0, 0.1) is 13.8 Å². The van der Waals surface area contributed by atoms with Gasteiger partial charge in [0.15, 0.2) is 0 Å². The van der Waals surface area contributed by atoms with Crippen LogP contribution in [-0.4, -0.2) is 14.3 Å². The zero-order valence-electron chi connectivity index (χ0n) is 11.6. The number of amides is 1. The first kappa shape index (κ1) is 15.7.